The topological polar surface area (TPSA) is 99.3 Å². The SMILES string of the molecule is Cc1ccc2c(N)c(C(O)N[C@H]3CCc4nc(N5CC[C@H]6CNC[C@H]65)ccc4C3)sc2n1. The van der Waals surface area contributed by atoms with E-state index in [2.05, 4.69) is 32.7 Å². The monoisotopic (exact) mass is 450 g/mol. The predicted molar refractivity (Wildman–Crippen MR) is 129 cm³/mol. The maximum atomic E-state index is 10.9. The van der Waals surface area contributed by atoms with Gasteiger partial charge in [0.05, 0.1) is 10.6 Å². The van der Waals surface area contributed by atoms with Gasteiger partial charge in [-0.15, -0.1) is 11.3 Å². The number of pyridine rings is 2. The first kappa shape index (κ1) is 20.4. The Labute approximate surface area is 192 Å². The molecule has 3 aromatic rings. The Morgan fingerprint density at radius 2 is 2.12 bits per heavy atom. The number of fused-ring (bicyclic) bond motifs is 3. The highest BCUT2D eigenvalue weighted by Gasteiger charge is 2.38. The van der Waals surface area contributed by atoms with Gasteiger partial charge in [-0.25, -0.2) is 9.97 Å². The molecule has 1 unspecified atom stereocenters. The van der Waals surface area contributed by atoms with Crippen molar-refractivity contribution in [2.45, 2.75) is 50.9 Å². The van der Waals surface area contributed by atoms with E-state index in [0.717, 1.165) is 71.4 Å². The van der Waals surface area contributed by atoms with Crippen LogP contribution in [-0.4, -0.2) is 46.8 Å². The highest BCUT2D eigenvalue weighted by atomic mass is 32.1. The lowest BCUT2D eigenvalue weighted by Crippen LogP contribution is -2.38. The van der Waals surface area contributed by atoms with E-state index in [1.54, 1.807) is 0 Å². The number of nitrogens with zero attached hydrogens (tertiary/aromatic N) is 3. The minimum atomic E-state index is -0.787. The van der Waals surface area contributed by atoms with Crippen molar-refractivity contribution in [2.24, 2.45) is 5.92 Å². The number of thiophene rings is 1. The Morgan fingerprint density at radius 3 is 3.03 bits per heavy atom. The van der Waals surface area contributed by atoms with Crippen LogP contribution in [0.1, 0.15) is 40.9 Å². The van der Waals surface area contributed by atoms with Crippen molar-refractivity contribution < 1.29 is 5.11 Å². The predicted octanol–water partition coefficient (Wildman–Crippen LogP) is 2.52. The number of rotatable bonds is 4. The maximum absolute atomic E-state index is 10.9. The minimum absolute atomic E-state index is 0.194. The van der Waals surface area contributed by atoms with Gasteiger partial charge in [0.25, 0.3) is 0 Å². The van der Waals surface area contributed by atoms with E-state index in [0.29, 0.717) is 11.7 Å². The van der Waals surface area contributed by atoms with Gasteiger partial charge in [0, 0.05) is 48.5 Å². The zero-order valence-corrected chi connectivity index (χ0v) is 19.2. The number of aliphatic hydroxyl groups excluding tert-OH is 1. The largest absolute Gasteiger partial charge is 0.397 e. The molecule has 0 aromatic carbocycles. The van der Waals surface area contributed by atoms with Gasteiger partial charge in [-0.1, -0.05) is 6.07 Å². The quantitative estimate of drug-likeness (QED) is 0.453. The molecule has 7 nitrogen and oxygen atoms in total. The summed E-state index contributed by atoms with van der Waals surface area (Å²) in [7, 11) is 0. The maximum Gasteiger partial charge on any atom is 0.142 e. The summed E-state index contributed by atoms with van der Waals surface area (Å²) in [5, 5.41) is 18.8. The van der Waals surface area contributed by atoms with Crippen molar-refractivity contribution in [1.29, 1.82) is 0 Å². The first-order chi connectivity index (χ1) is 15.6. The molecule has 32 heavy (non-hydrogen) atoms. The van der Waals surface area contributed by atoms with E-state index in [1.807, 2.05) is 19.1 Å². The fourth-order valence-corrected chi connectivity index (χ4v) is 6.73. The summed E-state index contributed by atoms with van der Waals surface area (Å²) >= 11 is 1.47. The summed E-state index contributed by atoms with van der Waals surface area (Å²) in [6.45, 7) is 5.30. The van der Waals surface area contributed by atoms with Gasteiger partial charge in [-0.05, 0) is 62.3 Å². The molecule has 3 aliphatic rings. The lowest BCUT2D eigenvalue weighted by Gasteiger charge is -2.29. The lowest BCUT2D eigenvalue weighted by atomic mass is 9.91. The molecule has 4 atom stereocenters. The van der Waals surface area contributed by atoms with Crippen LogP contribution in [0.5, 0.6) is 0 Å². The highest BCUT2D eigenvalue weighted by molar-refractivity contribution is 7.19. The van der Waals surface area contributed by atoms with E-state index in [4.69, 9.17) is 10.7 Å². The second-order valence-electron chi connectivity index (χ2n) is 9.44. The van der Waals surface area contributed by atoms with Crippen molar-refractivity contribution in [2.75, 3.05) is 30.3 Å². The Kier molecular flexibility index (Phi) is 5.06. The number of aromatic nitrogens is 2. The Hall–Kier alpha value is -2.26. The molecule has 2 aliphatic heterocycles. The molecule has 5 N–H and O–H groups in total. The number of hydrogen-bond acceptors (Lipinski definition) is 8. The van der Waals surface area contributed by atoms with Crippen LogP contribution in [0.15, 0.2) is 24.3 Å². The third-order valence-electron chi connectivity index (χ3n) is 7.39. The van der Waals surface area contributed by atoms with E-state index in [9.17, 15) is 5.11 Å². The van der Waals surface area contributed by atoms with Crippen molar-refractivity contribution in [1.82, 2.24) is 20.6 Å². The summed E-state index contributed by atoms with van der Waals surface area (Å²) in [5.41, 5.74) is 10.4. The molecule has 0 spiro atoms. The number of nitrogens with two attached hydrogens (primary N) is 1. The average Bonchev–Trinajstić information content (AvgIpc) is 3.48. The van der Waals surface area contributed by atoms with Gasteiger partial charge in [-0.3, -0.25) is 5.32 Å². The number of hydrogen-bond donors (Lipinski definition) is 4. The summed E-state index contributed by atoms with van der Waals surface area (Å²) in [6.07, 6.45) is 3.22. The molecular weight excluding hydrogens is 420 g/mol. The normalized spacial score (nSPS) is 25.8. The third kappa shape index (κ3) is 3.46. The molecule has 2 saturated heterocycles. The van der Waals surface area contributed by atoms with Crippen LogP contribution >= 0.6 is 11.3 Å². The highest BCUT2D eigenvalue weighted by Crippen LogP contribution is 2.37. The van der Waals surface area contributed by atoms with Gasteiger partial charge in [0.2, 0.25) is 0 Å². The zero-order chi connectivity index (χ0) is 21.8. The second-order valence-corrected chi connectivity index (χ2v) is 10.5. The van der Waals surface area contributed by atoms with Crippen molar-refractivity contribution in [3.8, 4) is 0 Å². The molecule has 0 amide bonds. The Morgan fingerprint density at radius 1 is 1.22 bits per heavy atom. The summed E-state index contributed by atoms with van der Waals surface area (Å²) < 4.78 is 0. The Balaban J connectivity index is 1.16. The molecule has 168 valence electrons. The number of aryl methyl sites for hydroxylation is 2. The summed E-state index contributed by atoms with van der Waals surface area (Å²) in [4.78, 5) is 13.8. The number of nitrogen functional groups attached to an aromatic ring is 1. The van der Waals surface area contributed by atoms with E-state index < -0.39 is 6.23 Å². The van der Waals surface area contributed by atoms with E-state index in [1.165, 1.54) is 29.0 Å². The smallest absolute Gasteiger partial charge is 0.142 e. The number of aliphatic hydroxyl groups is 1. The van der Waals surface area contributed by atoms with Gasteiger partial charge in [0.1, 0.15) is 16.9 Å². The van der Waals surface area contributed by atoms with Crippen LogP contribution in [0.2, 0.25) is 0 Å². The van der Waals surface area contributed by atoms with E-state index in [-0.39, 0.29) is 6.04 Å². The van der Waals surface area contributed by atoms with Crippen LogP contribution in [0.25, 0.3) is 10.2 Å². The van der Waals surface area contributed by atoms with Gasteiger partial charge in [-0.2, -0.15) is 0 Å². The molecule has 1 aliphatic carbocycles. The van der Waals surface area contributed by atoms with Crippen molar-refractivity contribution >= 4 is 33.1 Å². The van der Waals surface area contributed by atoms with Crippen LogP contribution in [0.4, 0.5) is 11.5 Å². The summed E-state index contributed by atoms with van der Waals surface area (Å²) in [6, 6.07) is 9.17. The van der Waals surface area contributed by atoms with E-state index >= 15 is 0 Å². The van der Waals surface area contributed by atoms with Crippen molar-refractivity contribution in [3.05, 3.63) is 46.1 Å². The molecular formula is C24H30N6OS. The summed E-state index contributed by atoms with van der Waals surface area (Å²) in [5.74, 6) is 1.90. The molecule has 2 fully saturated rings. The van der Waals surface area contributed by atoms with Crippen LogP contribution in [-0.2, 0) is 12.8 Å². The van der Waals surface area contributed by atoms with Crippen LogP contribution in [0, 0.1) is 12.8 Å². The van der Waals surface area contributed by atoms with Crippen LogP contribution in [0.3, 0.4) is 0 Å². The fourth-order valence-electron chi connectivity index (χ4n) is 5.64. The zero-order valence-electron chi connectivity index (χ0n) is 18.3. The van der Waals surface area contributed by atoms with Gasteiger partial charge in [0.15, 0.2) is 0 Å². The third-order valence-corrected chi connectivity index (χ3v) is 8.56. The molecule has 0 saturated carbocycles. The first-order valence-electron chi connectivity index (χ1n) is 11.6. The van der Waals surface area contributed by atoms with Gasteiger partial charge < -0.3 is 21.1 Å². The fraction of sp³-hybridized carbons (Fsp3) is 0.500. The standard InChI is InChI=1S/C24H30N6OS/c1-13-2-5-17-21(25)22(32-24(17)27-13)23(31)28-16-4-6-18-14(10-16)3-7-20(29-18)30-9-8-15-11-26-12-19(15)30/h2-3,5,7,15-16,19,23,26,28,31H,4,6,8-12,25H2,1H3/t15-,16-,19+,23?/m0/s1. The second kappa shape index (κ2) is 7.95. The molecule has 0 bridgehead atoms. The number of anilines is 2. The first-order valence-corrected chi connectivity index (χ1v) is 12.4. The molecule has 6 rings (SSSR count). The lowest BCUT2D eigenvalue weighted by molar-refractivity contribution is 0.123. The molecule has 0 radical (unpaired) electrons. The molecule has 8 heteroatoms. The molecule has 5 heterocycles. The van der Waals surface area contributed by atoms with Gasteiger partial charge >= 0.3 is 0 Å². The number of nitrogens with one attached hydrogen (secondary N) is 2. The average molecular weight is 451 g/mol. The minimum Gasteiger partial charge on any atom is -0.397 e. The Bertz CT molecular complexity index is 1160. The van der Waals surface area contributed by atoms with Crippen LogP contribution < -0.4 is 21.3 Å². The molecule has 3 aromatic heterocycles. The van der Waals surface area contributed by atoms with Crippen molar-refractivity contribution in [3.63, 3.8) is 0 Å².